The van der Waals surface area contributed by atoms with Gasteiger partial charge in [-0.25, -0.2) is 0 Å². The molecule has 0 aliphatic rings. The van der Waals surface area contributed by atoms with Gasteiger partial charge in [-0.2, -0.15) is 11.8 Å². The first-order valence-electron chi connectivity index (χ1n) is 5.23. The molecule has 3 N–H and O–H groups in total. The molecule has 1 aromatic rings. The van der Waals surface area contributed by atoms with E-state index >= 15 is 0 Å². The van der Waals surface area contributed by atoms with Gasteiger partial charge in [-0.3, -0.25) is 4.79 Å². The zero-order chi connectivity index (χ0) is 12.0. The third-order valence-electron chi connectivity index (χ3n) is 2.30. The lowest BCUT2D eigenvalue weighted by atomic mass is 10.2. The highest BCUT2D eigenvalue weighted by molar-refractivity contribution is 7.98. The predicted molar refractivity (Wildman–Crippen MR) is 66.2 cm³/mol. The van der Waals surface area contributed by atoms with Crippen LogP contribution in [0.1, 0.15) is 25.1 Å². The lowest BCUT2D eigenvalue weighted by Gasteiger charge is -2.15. The summed E-state index contributed by atoms with van der Waals surface area (Å²) < 4.78 is 5.20. The molecule has 0 saturated carbocycles. The van der Waals surface area contributed by atoms with E-state index in [1.54, 1.807) is 24.1 Å². The van der Waals surface area contributed by atoms with Crippen molar-refractivity contribution in [2.75, 3.05) is 12.0 Å². The number of rotatable bonds is 6. The van der Waals surface area contributed by atoms with E-state index in [2.05, 4.69) is 5.32 Å². The average Bonchev–Trinajstić information content (AvgIpc) is 2.79. The van der Waals surface area contributed by atoms with Crippen molar-refractivity contribution in [2.45, 2.75) is 25.4 Å². The van der Waals surface area contributed by atoms with Crippen molar-refractivity contribution in [1.82, 2.24) is 5.32 Å². The first-order chi connectivity index (χ1) is 7.65. The van der Waals surface area contributed by atoms with Crippen molar-refractivity contribution in [3.05, 3.63) is 24.2 Å². The van der Waals surface area contributed by atoms with Gasteiger partial charge >= 0.3 is 0 Å². The summed E-state index contributed by atoms with van der Waals surface area (Å²) in [5, 5.41) is 2.82. The van der Waals surface area contributed by atoms with Gasteiger partial charge in [-0.05, 0) is 37.5 Å². The minimum absolute atomic E-state index is 0.127. The summed E-state index contributed by atoms with van der Waals surface area (Å²) in [6.45, 7) is 1.87. The molecule has 0 fully saturated rings. The number of furan rings is 1. The number of nitrogens with two attached hydrogens (primary N) is 1. The van der Waals surface area contributed by atoms with Gasteiger partial charge in [-0.1, -0.05) is 0 Å². The van der Waals surface area contributed by atoms with Crippen molar-refractivity contribution < 1.29 is 9.21 Å². The Balaban J connectivity index is 2.39. The molecule has 5 heteroatoms. The minimum Gasteiger partial charge on any atom is -0.467 e. The first-order valence-corrected chi connectivity index (χ1v) is 6.63. The van der Waals surface area contributed by atoms with E-state index in [0.29, 0.717) is 6.42 Å². The number of hydrogen-bond donors (Lipinski definition) is 2. The standard InChI is InChI=1S/C11H18N2O2S/c1-8(10-4-3-6-15-10)13-11(14)9(12)5-7-16-2/h3-4,6,8-9H,5,7,12H2,1-2H3,(H,13,14)/t8-,9-/m1/s1. The fourth-order valence-electron chi connectivity index (χ4n) is 1.31. The summed E-state index contributed by atoms with van der Waals surface area (Å²) in [5.74, 6) is 1.51. The van der Waals surface area contributed by atoms with E-state index in [1.165, 1.54) is 0 Å². The summed E-state index contributed by atoms with van der Waals surface area (Å²) >= 11 is 1.69. The summed E-state index contributed by atoms with van der Waals surface area (Å²) in [4.78, 5) is 11.7. The van der Waals surface area contributed by atoms with Crippen molar-refractivity contribution >= 4 is 17.7 Å². The fourth-order valence-corrected chi connectivity index (χ4v) is 1.79. The smallest absolute Gasteiger partial charge is 0.237 e. The van der Waals surface area contributed by atoms with Gasteiger partial charge in [0.1, 0.15) is 5.76 Å². The van der Waals surface area contributed by atoms with Crippen LogP contribution in [0.15, 0.2) is 22.8 Å². The van der Waals surface area contributed by atoms with E-state index in [9.17, 15) is 4.79 Å². The van der Waals surface area contributed by atoms with Crippen LogP contribution in [0.3, 0.4) is 0 Å². The number of amides is 1. The van der Waals surface area contributed by atoms with Crippen LogP contribution in [0.2, 0.25) is 0 Å². The molecule has 0 spiro atoms. The zero-order valence-electron chi connectivity index (χ0n) is 9.60. The lowest BCUT2D eigenvalue weighted by molar-refractivity contribution is -0.123. The Kier molecular flexibility index (Phi) is 5.42. The molecule has 1 rings (SSSR count). The lowest BCUT2D eigenvalue weighted by Crippen LogP contribution is -2.41. The second kappa shape index (κ2) is 6.60. The predicted octanol–water partition coefficient (Wildman–Crippen LogP) is 1.54. The molecular formula is C11H18N2O2S. The van der Waals surface area contributed by atoms with Crippen LogP contribution < -0.4 is 11.1 Å². The van der Waals surface area contributed by atoms with Crippen molar-refractivity contribution in [2.24, 2.45) is 5.73 Å². The summed E-state index contributed by atoms with van der Waals surface area (Å²) in [6, 6.07) is 3.05. The molecule has 0 saturated heterocycles. The van der Waals surface area contributed by atoms with E-state index in [0.717, 1.165) is 11.5 Å². The molecule has 1 amide bonds. The molecule has 0 aliphatic heterocycles. The van der Waals surface area contributed by atoms with Gasteiger partial charge in [0, 0.05) is 0 Å². The van der Waals surface area contributed by atoms with Crippen molar-refractivity contribution in [3.8, 4) is 0 Å². The molecule has 2 atom stereocenters. The summed E-state index contributed by atoms with van der Waals surface area (Å²) in [6.07, 6.45) is 4.28. The number of thioether (sulfide) groups is 1. The van der Waals surface area contributed by atoms with Gasteiger partial charge in [0.15, 0.2) is 0 Å². The highest BCUT2D eigenvalue weighted by atomic mass is 32.2. The van der Waals surface area contributed by atoms with Crippen LogP contribution in [0, 0.1) is 0 Å². The molecule has 0 aliphatic carbocycles. The van der Waals surface area contributed by atoms with Crippen LogP contribution in [0.5, 0.6) is 0 Å². The van der Waals surface area contributed by atoms with Gasteiger partial charge in [-0.15, -0.1) is 0 Å². The van der Waals surface area contributed by atoms with Crippen LogP contribution >= 0.6 is 11.8 Å². The molecule has 1 aromatic heterocycles. The maximum absolute atomic E-state index is 11.7. The Morgan fingerprint density at radius 1 is 1.69 bits per heavy atom. The Bertz CT molecular complexity index is 314. The molecule has 90 valence electrons. The molecule has 0 unspecified atom stereocenters. The Morgan fingerprint density at radius 2 is 2.44 bits per heavy atom. The average molecular weight is 242 g/mol. The molecule has 0 radical (unpaired) electrons. The zero-order valence-corrected chi connectivity index (χ0v) is 10.4. The molecule has 16 heavy (non-hydrogen) atoms. The van der Waals surface area contributed by atoms with Crippen LogP contribution in [-0.2, 0) is 4.79 Å². The van der Waals surface area contributed by atoms with Crippen LogP contribution in [0.4, 0.5) is 0 Å². The fraction of sp³-hybridized carbons (Fsp3) is 0.545. The van der Waals surface area contributed by atoms with Gasteiger partial charge < -0.3 is 15.5 Å². The quantitative estimate of drug-likeness (QED) is 0.794. The molecular weight excluding hydrogens is 224 g/mol. The molecule has 0 bridgehead atoms. The number of carbonyl (C=O) groups is 1. The number of nitrogens with one attached hydrogen (secondary N) is 1. The molecule has 4 nitrogen and oxygen atoms in total. The largest absolute Gasteiger partial charge is 0.467 e. The van der Waals surface area contributed by atoms with E-state index < -0.39 is 6.04 Å². The second-order valence-corrected chi connectivity index (χ2v) is 4.62. The first kappa shape index (κ1) is 13.1. The van der Waals surface area contributed by atoms with Gasteiger partial charge in [0.2, 0.25) is 5.91 Å². The Labute approximate surface area is 100.0 Å². The van der Waals surface area contributed by atoms with Crippen LogP contribution in [-0.4, -0.2) is 24.0 Å². The van der Waals surface area contributed by atoms with E-state index in [1.807, 2.05) is 19.2 Å². The van der Waals surface area contributed by atoms with E-state index in [-0.39, 0.29) is 11.9 Å². The summed E-state index contributed by atoms with van der Waals surface area (Å²) in [7, 11) is 0. The van der Waals surface area contributed by atoms with Crippen molar-refractivity contribution in [1.29, 1.82) is 0 Å². The third kappa shape index (κ3) is 3.90. The number of hydrogen-bond acceptors (Lipinski definition) is 4. The minimum atomic E-state index is -0.440. The summed E-state index contributed by atoms with van der Waals surface area (Å²) in [5.41, 5.74) is 5.75. The monoisotopic (exact) mass is 242 g/mol. The van der Waals surface area contributed by atoms with Gasteiger partial charge in [0.05, 0.1) is 18.3 Å². The highest BCUT2D eigenvalue weighted by Gasteiger charge is 2.17. The van der Waals surface area contributed by atoms with E-state index in [4.69, 9.17) is 10.2 Å². The Hall–Kier alpha value is -0.940. The highest BCUT2D eigenvalue weighted by Crippen LogP contribution is 2.12. The SMILES string of the molecule is CSCC[C@@H](N)C(=O)N[C@H](C)c1ccco1. The second-order valence-electron chi connectivity index (χ2n) is 3.63. The number of carbonyl (C=O) groups excluding carboxylic acids is 1. The Morgan fingerprint density at radius 3 is 3.00 bits per heavy atom. The molecule has 1 heterocycles. The maximum Gasteiger partial charge on any atom is 0.237 e. The molecule has 0 aromatic carbocycles. The van der Waals surface area contributed by atoms with Crippen molar-refractivity contribution in [3.63, 3.8) is 0 Å². The topological polar surface area (TPSA) is 68.3 Å². The van der Waals surface area contributed by atoms with Gasteiger partial charge in [0.25, 0.3) is 0 Å². The normalized spacial score (nSPS) is 14.4. The maximum atomic E-state index is 11.7. The third-order valence-corrected chi connectivity index (χ3v) is 2.94. The van der Waals surface area contributed by atoms with Crippen LogP contribution in [0.25, 0.3) is 0 Å².